The fraction of sp³-hybridized carbons (Fsp3) is 0.714. The minimum absolute atomic E-state index is 0.183. The van der Waals surface area contributed by atoms with Crippen molar-refractivity contribution in [1.29, 1.82) is 0 Å². The van der Waals surface area contributed by atoms with E-state index in [-0.39, 0.29) is 25.1 Å². The molecule has 1 aromatic rings. The molecule has 1 aromatic heterocycles. The largest absolute Gasteiger partial charge is 0.460 e. The van der Waals surface area contributed by atoms with Crippen LogP contribution in [0.5, 0.6) is 0 Å². The summed E-state index contributed by atoms with van der Waals surface area (Å²) in [6.45, 7) is 8.86. The van der Waals surface area contributed by atoms with Crippen molar-refractivity contribution in [3.63, 3.8) is 0 Å². The molecule has 0 bridgehead atoms. The van der Waals surface area contributed by atoms with E-state index >= 15 is 0 Å². The molecule has 1 aliphatic rings. The summed E-state index contributed by atoms with van der Waals surface area (Å²) in [7, 11) is 0. The molecular formula is C14H22N4O4. The number of nitrogens with zero attached hydrogens (tertiary/aromatic N) is 4. The monoisotopic (exact) mass is 310 g/mol. The van der Waals surface area contributed by atoms with Crippen molar-refractivity contribution in [2.45, 2.75) is 52.8 Å². The maximum Gasteiger partial charge on any atom is 0.410 e. The second-order valence-electron chi connectivity index (χ2n) is 6.07. The Morgan fingerprint density at radius 1 is 1.23 bits per heavy atom. The summed E-state index contributed by atoms with van der Waals surface area (Å²) in [4.78, 5) is 25.6. The number of carbonyl (C=O) groups excluding carboxylic acids is 2. The highest BCUT2D eigenvalue weighted by Gasteiger charge is 2.28. The number of aromatic nitrogens is 3. The van der Waals surface area contributed by atoms with E-state index in [1.165, 1.54) is 0 Å². The third-order valence-electron chi connectivity index (χ3n) is 3.08. The summed E-state index contributed by atoms with van der Waals surface area (Å²) in [5, 5.41) is 7.90. The van der Waals surface area contributed by atoms with E-state index < -0.39 is 11.6 Å². The van der Waals surface area contributed by atoms with Crippen LogP contribution in [0.4, 0.5) is 4.79 Å². The van der Waals surface area contributed by atoms with Gasteiger partial charge < -0.3 is 18.9 Å². The molecule has 1 aliphatic heterocycles. The van der Waals surface area contributed by atoms with Gasteiger partial charge in [-0.15, -0.1) is 10.2 Å². The molecular weight excluding hydrogens is 288 g/mol. The first-order valence-electron chi connectivity index (χ1n) is 7.39. The van der Waals surface area contributed by atoms with Gasteiger partial charge >= 0.3 is 12.1 Å². The lowest BCUT2D eigenvalue weighted by atomic mass is 10.2. The Morgan fingerprint density at radius 2 is 1.95 bits per heavy atom. The van der Waals surface area contributed by atoms with Gasteiger partial charge in [-0.3, -0.25) is 0 Å². The number of fused-ring (bicyclic) bond motifs is 1. The van der Waals surface area contributed by atoms with Gasteiger partial charge in [-0.25, -0.2) is 9.59 Å². The van der Waals surface area contributed by atoms with Crippen molar-refractivity contribution in [3.8, 4) is 0 Å². The second-order valence-corrected chi connectivity index (χ2v) is 6.07. The van der Waals surface area contributed by atoms with Gasteiger partial charge in [0.2, 0.25) is 5.82 Å². The van der Waals surface area contributed by atoms with Crippen LogP contribution in [0.1, 0.15) is 50.6 Å². The minimum atomic E-state index is -0.548. The Bertz CT molecular complexity index is 562. The zero-order chi connectivity index (χ0) is 16.3. The molecule has 0 fully saturated rings. The lowest BCUT2D eigenvalue weighted by Gasteiger charge is -2.25. The van der Waals surface area contributed by atoms with Crippen LogP contribution in [-0.4, -0.2) is 50.5 Å². The van der Waals surface area contributed by atoms with Crippen LogP contribution < -0.4 is 0 Å². The molecule has 1 amide bonds. The quantitative estimate of drug-likeness (QED) is 0.771. The van der Waals surface area contributed by atoms with Crippen LogP contribution in [0.3, 0.4) is 0 Å². The molecule has 0 aliphatic carbocycles. The van der Waals surface area contributed by atoms with E-state index in [9.17, 15) is 9.59 Å². The molecule has 0 N–H and O–H groups in total. The molecule has 0 radical (unpaired) electrons. The Balaban J connectivity index is 2.15. The van der Waals surface area contributed by atoms with Gasteiger partial charge in [-0.05, 0) is 34.1 Å². The summed E-state index contributed by atoms with van der Waals surface area (Å²) in [6.07, 6.45) is 0.304. The lowest BCUT2D eigenvalue weighted by Crippen LogP contribution is -2.36. The van der Waals surface area contributed by atoms with Crippen LogP contribution in [0.25, 0.3) is 0 Å². The van der Waals surface area contributed by atoms with Crippen molar-refractivity contribution in [2.24, 2.45) is 0 Å². The summed E-state index contributed by atoms with van der Waals surface area (Å²) < 4.78 is 12.1. The molecule has 0 aromatic carbocycles. The fourth-order valence-corrected chi connectivity index (χ4v) is 2.19. The third-order valence-corrected chi connectivity index (χ3v) is 3.08. The van der Waals surface area contributed by atoms with E-state index in [1.54, 1.807) is 16.4 Å². The van der Waals surface area contributed by atoms with Gasteiger partial charge in [0.15, 0.2) is 5.82 Å². The van der Waals surface area contributed by atoms with E-state index in [2.05, 4.69) is 10.2 Å². The number of hydrogen-bond donors (Lipinski definition) is 0. The van der Waals surface area contributed by atoms with Gasteiger partial charge in [0.05, 0.1) is 13.2 Å². The van der Waals surface area contributed by atoms with E-state index in [1.807, 2.05) is 20.8 Å². The first-order valence-corrected chi connectivity index (χ1v) is 7.39. The predicted octanol–water partition coefficient (Wildman–Crippen LogP) is 1.60. The molecule has 2 heterocycles. The highest BCUT2D eigenvalue weighted by Crippen LogP contribution is 2.17. The van der Waals surface area contributed by atoms with Gasteiger partial charge in [0, 0.05) is 13.1 Å². The summed E-state index contributed by atoms with van der Waals surface area (Å²) in [5.74, 6) is 0.251. The highest BCUT2D eigenvalue weighted by atomic mass is 16.6. The lowest BCUT2D eigenvalue weighted by molar-refractivity contribution is 0.0234. The molecule has 0 atom stereocenters. The molecule has 2 rings (SSSR count). The molecule has 0 unspecified atom stereocenters. The topological polar surface area (TPSA) is 86.5 Å². The van der Waals surface area contributed by atoms with Gasteiger partial charge in [-0.1, -0.05) is 0 Å². The van der Waals surface area contributed by atoms with E-state index in [0.717, 1.165) is 0 Å². The first kappa shape index (κ1) is 16.3. The number of esters is 1. The molecule has 22 heavy (non-hydrogen) atoms. The summed E-state index contributed by atoms with van der Waals surface area (Å²) in [5.41, 5.74) is -0.548. The SMILES string of the molecule is CCOC(=O)c1nnc2n1CCCN(C(=O)OC(C)(C)C)C2. The second kappa shape index (κ2) is 6.33. The van der Waals surface area contributed by atoms with Gasteiger partial charge in [0.25, 0.3) is 0 Å². The molecule has 0 saturated carbocycles. The fourth-order valence-electron chi connectivity index (χ4n) is 2.19. The number of hydrogen-bond acceptors (Lipinski definition) is 6. The molecule has 8 heteroatoms. The third kappa shape index (κ3) is 3.75. The number of amides is 1. The van der Waals surface area contributed by atoms with E-state index in [0.29, 0.717) is 25.3 Å². The molecule has 0 saturated heterocycles. The minimum Gasteiger partial charge on any atom is -0.460 e. The smallest absolute Gasteiger partial charge is 0.410 e. The Kier molecular flexibility index (Phi) is 4.68. The summed E-state index contributed by atoms with van der Waals surface area (Å²) in [6, 6.07) is 0. The number of carbonyl (C=O) groups is 2. The maximum absolute atomic E-state index is 12.2. The maximum atomic E-state index is 12.2. The Morgan fingerprint density at radius 3 is 2.59 bits per heavy atom. The molecule has 8 nitrogen and oxygen atoms in total. The van der Waals surface area contributed by atoms with Gasteiger partial charge in [-0.2, -0.15) is 0 Å². The number of rotatable bonds is 2. The van der Waals surface area contributed by atoms with Crippen LogP contribution in [0.15, 0.2) is 0 Å². The van der Waals surface area contributed by atoms with Crippen molar-refractivity contribution in [3.05, 3.63) is 11.6 Å². The van der Waals surface area contributed by atoms with Crippen LogP contribution >= 0.6 is 0 Å². The van der Waals surface area contributed by atoms with Crippen LogP contribution in [-0.2, 0) is 22.6 Å². The Labute approximate surface area is 129 Å². The van der Waals surface area contributed by atoms with Crippen molar-refractivity contribution in [1.82, 2.24) is 19.7 Å². The Hall–Kier alpha value is -2.12. The first-order chi connectivity index (χ1) is 10.3. The van der Waals surface area contributed by atoms with Crippen molar-refractivity contribution < 1.29 is 19.1 Å². The van der Waals surface area contributed by atoms with Crippen molar-refractivity contribution >= 4 is 12.1 Å². The summed E-state index contributed by atoms with van der Waals surface area (Å²) >= 11 is 0. The van der Waals surface area contributed by atoms with Crippen LogP contribution in [0, 0.1) is 0 Å². The zero-order valence-electron chi connectivity index (χ0n) is 13.5. The predicted molar refractivity (Wildman–Crippen MR) is 77.2 cm³/mol. The highest BCUT2D eigenvalue weighted by molar-refractivity contribution is 5.85. The standard InChI is InChI=1S/C14H22N4O4/c1-5-21-12(19)11-16-15-10-9-17(7-6-8-18(10)11)13(20)22-14(2,3)4/h5-9H2,1-4H3. The number of ether oxygens (including phenoxy) is 2. The van der Waals surface area contributed by atoms with Crippen LogP contribution in [0.2, 0.25) is 0 Å². The molecule has 0 spiro atoms. The van der Waals surface area contributed by atoms with Gasteiger partial charge in [0.1, 0.15) is 5.60 Å². The normalized spacial score (nSPS) is 15.0. The average Bonchev–Trinajstić information content (AvgIpc) is 2.67. The molecule has 122 valence electrons. The van der Waals surface area contributed by atoms with E-state index in [4.69, 9.17) is 9.47 Å². The zero-order valence-corrected chi connectivity index (χ0v) is 13.5. The average molecular weight is 310 g/mol. The van der Waals surface area contributed by atoms with Crippen molar-refractivity contribution in [2.75, 3.05) is 13.2 Å².